The highest BCUT2D eigenvalue weighted by atomic mass is 35.5. The summed E-state index contributed by atoms with van der Waals surface area (Å²) in [6.45, 7) is 0.370. The number of hydrogen-bond acceptors (Lipinski definition) is 3. The molecule has 4 heteroatoms. The van der Waals surface area contributed by atoms with E-state index in [4.69, 9.17) is 16.3 Å². The van der Waals surface area contributed by atoms with E-state index in [1.807, 2.05) is 12.1 Å². The maximum atomic E-state index is 9.38. The zero-order valence-corrected chi connectivity index (χ0v) is 11.6. The average molecular weight is 288 g/mol. The van der Waals surface area contributed by atoms with Crippen molar-refractivity contribution < 1.29 is 9.84 Å². The lowest BCUT2D eigenvalue weighted by atomic mass is 10.2. The first-order valence-corrected chi connectivity index (χ1v) is 6.72. The Bertz CT molecular complexity index is 632. The van der Waals surface area contributed by atoms with Crippen LogP contribution in [0, 0.1) is 11.8 Å². The standard InChI is InChI=1S/C16H14ClNO2/c17-7-2-1-4-13-9-16(11-18-10-13)20-12-14-5-3-6-15(19)8-14/h3,5-6,8-11,19H,2,7,12H2. The van der Waals surface area contributed by atoms with Gasteiger partial charge in [-0.2, -0.15) is 0 Å². The van der Waals surface area contributed by atoms with Crippen molar-refractivity contribution in [3.05, 3.63) is 53.9 Å². The van der Waals surface area contributed by atoms with Crippen molar-refractivity contribution in [2.45, 2.75) is 13.0 Å². The second kappa shape index (κ2) is 7.42. The maximum absolute atomic E-state index is 9.38. The summed E-state index contributed by atoms with van der Waals surface area (Å²) >= 11 is 5.57. The Morgan fingerprint density at radius 2 is 2.15 bits per heavy atom. The van der Waals surface area contributed by atoms with E-state index in [9.17, 15) is 5.11 Å². The van der Waals surface area contributed by atoms with Crippen molar-refractivity contribution in [1.29, 1.82) is 0 Å². The predicted molar refractivity (Wildman–Crippen MR) is 78.9 cm³/mol. The van der Waals surface area contributed by atoms with Gasteiger partial charge in [0, 0.05) is 24.1 Å². The van der Waals surface area contributed by atoms with Crippen molar-refractivity contribution in [1.82, 2.24) is 4.98 Å². The van der Waals surface area contributed by atoms with Gasteiger partial charge >= 0.3 is 0 Å². The molecule has 1 heterocycles. The van der Waals surface area contributed by atoms with E-state index in [1.165, 1.54) is 0 Å². The number of aromatic hydroxyl groups is 1. The van der Waals surface area contributed by atoms with Crippen LogP contribution in [-0.2, 0) is 6.61 Å². The molecular formula is C16H14ClNO2. The van der Waals surface area contributed by atoms with E-state index >= 15 is 0 Å². The van der Waals surface area contributed by atoms with E-state index in [1.54, 1.807) is 30.6 Å². The summed E-state index contributed by atoms with van der Waals surface area (Å²) in [5.74, 6) is 7.32. The molecule has 0 unspecified atom stereocenters. The van der Waals surface area contributed by atoms with Crippen LogP contribution in [0.4, 0.5) is 0 Å². The fourth-order valence-electron chi connectivity index (χ4n) is 1.59. The van der Waals surface area contributed by atoms with Crippen molar-refractivity contribution in [2.24, 2.45) is 0 Å². The quantitative estimate of drug-likeness (QED) is 0.693. The molecule has 0 aliphatic heterocycles. The molecule has 0 spiro atoms. The molecule has 1 aromatic carbocycles. The molecule has 2 rings (SSSR count). The van der Waals surface area contributed by atoms with Crippen molar-refractivity contribution in [2.75, 3.05) is 5.88 Å². The van der Waals surface area contributed by atoms with Crippen LogP contribution in [0.2, 0.25) is 0 Å². The van der Waals surface area contributed by atoms with Gasteiger partial charge < -0.3 is 9.84 Å². The van der Waals surface area contributed by atoms with Gasteiger partial charge in [-0.1, -0.05) is 24.0 Å². The van der Waals surface area contributed by atoms with E-state index < -0.39 is 0 Å². The number of benzene rings is 1. The number of ether oxygens (including phenoxy) is 1. The number of aromatic nitrogens is 1. The number of phenolic OH excluding ortho intramolecular Hbond substituents is 1. The summed E-state index contributed by atoms with van der Waals surface area (Å²) in [6, 6.07) is 8.78. The topological polar surface area (TPSA) is 42.4 Å². The molecule has 0 saturated heterocycles. The van der Waals surface area contributed by atoms with Crippen LogP contribution >= 0.6 is 11.6 Å². The van der Waals surface area contributed by atoms with Gasteiger partial charge in [0.2, 0.25) is 0 Å². The van der Waals surface area contributed by atoms with Gasteiger partial charge in [-0.15, -0.1) is 11.6 Å². The number of hydrogen-bond donors (Lipinski definition) is 1. The molecule has 102 valence electrons. The third kappa shape index (κ3) is 4.49. The number of halogens is 1. The molecule has 0 fully saturated rings. The molecule has 0 aliphatic rings. The van der Waals surface area contributed by atoms with Crippen molar-refractivity contribution in [3.8, 4) is 23.3 Å². The largest absolute Gasteiger partial charge is 0.508 e. The summed E-state index contributed by atoms with van der Waals surface area (Å²) in [5.41, 5.74) is 1.69. The van der Waals surface area contributed by atoms with E-state index in [0.29, 0.717) is 24.7 Å². The van der Waals surface area contributed by atoms with Crippen LogP contribution < -0.4 is 4.74 Å². The minimum absolute atomic E-state index is 0.227. The highest BCUT2D eigenvalue weighted by Crippen LogP contribution is 2.15. The normalized spacial score (nSPS) is 9.65. The third-order valence-electron chi connectivity index (χ3n) is 2.48. The molecule has 0 atom stereocenters. The summed E-state index contributed by atoms with van der Waals surface area (Å²) < 4.78 is 5.63. The third-order valence-corrected chi connectivity index (χ3v) is 2.67. The van der Waals surface area contributed by atoms with Gasteiger partial charge in [0.25, 0.3) is 0 Å². The highest BCUT2D eigenvalue weighted by molar-refractivity contribution is 6.18. The molecule has 0 bridgehead atoms. The SMILES string of the molecule is Oc1cccc(COc2cncc(C#CCCCl)c2)c1. The minimum atomic E-state index is 0.227. The Hall–Kier alpha value is -2.18. The maximum Gasteiger partial charge on any atom is 0.139 e. The summed E-state index contributed by atoms with van der Waals surface area (Å²) in [5, 5.41) is 9.38. The first-order valence-electron chi connectivity index (χ1n) is 6.18. The van der Waals surface area contributed by atoms with Gasteiger partial charge in [0.15, 0.2) is 0 Å². The second-order valence-corrected chi connectivity index (χ2v) is 4.49. The molecule has 3 nitrogen and oxygen atoms in total. The zero-order chi connectivity index (χ0) is 14.2. The van der Waals surface area contributed by atoms with Gasteiger partial charge in [-0.3, -0.25) is 4.98 Å². The van der Waals surface area contributed by atoms with Crippen LogP contribution in [0.1, 0.15) is 17.5 Å². The Morgan fingerprint density at radius 1 is 1.25 bits per heavy atom. The fourth-order valence-corrected chi connectivity index (χ4v) is 1.69. The average Bonchev–Trinajstić information content (AvgIpc) is 2.46. The lowest BCUT2D eigenvalue weighted by Crippen LogP contribution is -1.96. The monoisotopic (exact) mass is 287 g/mol. The summed E-state index contributed by atoms with van der Waals surface area (Å²) in [7, 11) is 0. The molecule has 20 heavy (non-hydrogen) atoms. The van der Waals surface area contributed by atoms with Crippen LogP contribution in [0.3, 0.4) is 0 Å². The Kier molecular flexibility index (Phi) is 5.28. The van der Waals surface area contributed by atoms with E-state index in [-0.39, 0.29) is 5.75 Å². The van der Waals surface area contributed by atoms with Crippen LogP contribution in [0.5, 0.6) is 11.5 Å². The second-order valence-electron chi connectivity index (χ2n) is 4.11. The van der Waals surface area contributed by atoms with Crippen LogP contribution in [-0.4, -0.2) is 16.0 Å². The Morgan fingerprint density at radius 3 is 2.95 bits per heavy atom. The first kappa shape index (κ1) is 14.2. The molecular weight excluding hydrogens is 274 g/mol. The molecule has 0 aliphatic carbocycles. The van der Waals surface area contributed by atoms with Crippen LogP contribution in [0.15, 0.2) is 42.7 Å². The number of rotatable bonds is 4. The van der Waals surface area contributed by atoms with E-state index in [2.05, 4.69) is 16.8 Å². The highest BCUT2D eigenvalue weighted by Gasteiger charge is 1.99. The number of pyridine rings is 1. The fraction of sp³-hybridized carbons (Fsp3) is 0.188. The Balaban J connectivity index is 2.00. The lowest BCUT2D eigenvalue weighted by Gasteiger charge is -2.06. The van der Waals surface area contributed by atoms with Gasteiger partial charge in [-0.05, 0) is 23.8 Å². The zero-order valence-electron chi connectivity index (χ0n) is 10.8. The Labute approximate surface area is 123 Å². The summed E-state index contributed by atoms with van der Waals surface area (Å²) in [4.78, 5) is 4.08. The number of nitrogens with zero attached hydrogens (tertiary/aromatic N) is 1. The molecule has 1 N–H and O–H groups in total. The van der Waals surface area contributed by atoms with Crippen molar-refractivity contribution in [3.63, 3.8) is 0 Å². The lowest BCUT2D eigenvalue weighted by molar-refractivity contribution is 0.304. The van der Waals surface area contributed by atoms with E-state index in [0.717, 1.165) is 11.1 Å². The molecule has 2 aromatic rings. The summed E-state index contributed by atoms with van der Waals surface area (Å²) in [6.07, 6.45) is 3.97. The molecule has 0 saturated carbocycles. The van der Waals surface area contributed by atoms with Crippen molar-refractivity contribution >= 4 is 11.6 Å². The van der Waals surface area contributed by atoms with Crippen LogP contribution in [0.25, 0.3) is 0 Å². The van der Waals surface area contributed by atoms with Gasteiger partial charge in [-0.25, -0.2) is 0 Å². The predicted octanol–water partition coefficient (Wildman–Crippen LogP) is 3.35. The molecule has 1 aromatic heterocycles. The molecule has 0 radical (unpaired) electrons. The van der Waals surface area contributed by atoms with Gasteiger partial charge in [0.1, 0.15) is 18.1 Å². The number of alkyl halides is 1. The smallest absolute Gasteiger partial charge is 0.139 e. The minimum Gasteiger partial charge on any atom is -0.508 e. The van der Waals surface area contributed by atoms with Gasteiger partial charge in [0.05, 0.1) is 6.20 Å². The molecule has 0 amide bonds. The number of phenols is 1. The first-order chi connectivity index (χ1) is 9.78.